The molecule has 24 heavy (non-hydrogen) atoms. The Kier molecular flexibility index (Phi) is 5.89. The molecule has 0 fully saturated rings. The SMILES string of the molecule is CC(Oc1ccc(Cl)cc1Cl)C(=O)Nc1ccc(NC(N)=O)cc1. The summed E-state index contributed by atoms with van der Waals surface area (Å²) in [5.74, 6) is 0.0151. The topological polar surface area (TPSA) is 93.4 Å². The van der Waals surface area contributed by atoms with E-state index in [0.29, 0.717) is 27.2 Å². The fraction of sp³-hybridized carbons (Fsp3) is 0.125. The molecule has 8 heteroatoms. The van der Waals surface area contributed by atoms with Gasteiger partial charge in [0.1, 0.15) is 5.75 Å². The molecule has 1 unspecified atom stereocenters. The molecular formula is C16H15Cl2N3O3. The van der Waals surface area contributed by atoms with Gasteiger partial charge < -0.3 is 21.1 Å². The molecule has 2 aromatic rings. The van der Waals surface area contributed by atoms with Crippen LogP contribution in [0.15, 0.2) is 42.5 Å². The highest BCUT2D eigenvalue weighted by atomic mass is 35.5. The van der Waals surface area contributed by atoms with Crippen LogP contribution in [-0.4, -0.2) is 18.0 Å². The number of hydrogen-bond acceptors (Lipinski definition) is 3. The molecule has 2 rings (SSSR count). The molecule has 0 aliphatic rings. The van der Waals surface area contributed by atoms with Gasteiger partial charge in [-0.25, -0.2) is 4.79 Å². The third-order valence-electron chi connectivity index (χ3n) is 2.99. The van der Waals surface area contributed by atoms with E-state index in [0.717, 1.165) is 0 Å². The van der Waals surface area contributed by atoms with E-state index < -0.39 is 12.1 Å². The molecule has 0 saturated carbocycles. The number of amides is 3. The van der Waals surface area contributed by atoms with Gasteiger partial charge in [-0.3, -0.25) is 4.79 Å². The van der Waals surface area contributed by atoms with E-state index >= 15 is 0 Å². The van der Waals surface area contributed by atoms with E-state index in [1.807, 2.05) is 0 Å². The Hall–Kier alpha value is -2.44. The molecule has 4 N–H and O–H groups in total. The van der Waals surface area contributed by atoms with E-state index in [1.54, 1.807) is 43.3 Å². The number of halogens is 2. The summed E-state index contributed by atoms with van der Waals surface area (Å²) in [6.45, 7) is 1.60. The molecule has 0 aromatic heterocycles. The largest absolute Gasteiger partial charge is 0.479 e. The lowest BCUT2D eigenvalue weighted by molar-refractivity contribution is -0.122. The summed E-state index contributed by atoms with van der Waals surface area (Å²) in [6.07, 6.45) is -0.771. The van der Waals surface area contributed by atoms with Gasteiger partial charge in [-0.2, -0.15) is 0 Å². The fourth-order valence-corrected chi connectivity index (χ4v) is 2.29. The number of nitrogens with one attached hydrogen (secondary N) is 2. The number of anilines is 2. The van der Waals surface area contributed by atoms with Gasteiger partial charge in [-0.05, 0) is 49.4 Å². The standard InChI is InChI=1S/C16H15Cl2N3O3/c1-9(24-14-7-2-10(17)8-13(14)18)15(22)20-11-3-5-12(6-4-11)21-16(19)23/h2-9H,1H3,(H,20,22)(H3,19,21,23). The minimum absolute atomic E-state index is 0.323. The Morgan fingerprint density at radius 2 is 1.62 bits per heavy atom. The molecule has 2 aromatic carbocycles. The molecule has 0 radical (unpaired) electrons. The zero-order chi connectivity index (χ0) is 17.7. The van der Waals surface area contributed by atoms with E-state index in [-0.39, 0.29) is 5.91 Å². The van der Waals surface area contributed by atoms with E-state index in [9.17, 15) is 9.59 Å². The van der Waals surface area contributed by atoms with Crippen LogP contribution in [0.5, 0.6) is 5.75 Å². The first-order valence-electron chi connectivity index (χ1n) is 6.94. The molecule has 0 saturated heterocycles. The highest BCUT2D eigenvalue weighted by Crippen LogP contribution is 2.28. The van der Waals surface area contributed by atoms with Crippen LogP contribution in [0.2, 0.25) is 10.0 Å². The summed E-state index contributed by atoms with van der Waals surface area (Å²) < 4.78 is 5.53. The predicted molar refractivity (Wildman–Crippen MR) is 94.8 cm³/mol. The second kappa shape index (κ2) is 7.90. The maximum absolute atomic E-state index is 12.2. The summed E-state index contributed by atoms with van der Waals surface area (Å²) in [4.78, 5) is 22.9. The third kappa shape index (κ3) is 5.04. The maximum Gasteiger partial charge on any atom is 0.316 e. The summed E-state index contributed by atoms with van der Waals surface area (Å²) in [5, 5.41) is 5.93. The number of carbonyl (C=O) groups excluding carboxylic acids is 2. The monoisotopic (exact) mass is 367 g/mol. The second-order valence-corrected chi connectivity index (χ2v) is 5.73. The number of primary amides is 1. The lowest BCUT2D eigenvalue weighted by Gasteiger charge is -2.16. The van der Waals surface area contributed by atoms with Crippen molar-refractivity contribution in [2.45, 2.75) is 13.0 Å². The summed E-state index contributed by atoms with van der Waals surface area (Å²) in [6, 6.07) is 10.6. The number of nitrogens with two attached hydrogens (primary N) is 1. The number of hydrogen-bond donors (Lipinski definition) is 3. The average molecular weight is 368 g/mol. The van der Waals surface area contributed by atoms with Gasteiger partial charge in [-0.15, -0.1) is 0 Å². The average Bonchev–Trinajstić information content (AvgIpc) is 2.51. The first-order chi connectivity index (χ1) is 11.3. The molecular weight excluding hydrogens is 353 g/mol. The van der Waals surface area contributed by atoms with Crippen molar-refractivity contribution in [1.82, 2.24) is 0 Å². The Labute approximate surface area is 148 Å². The number of benzene rings is 2. The van der Waals surface area contributed by atoms with Gasteiger partial charge >= 0.3 is 6.03 Å². The Morgan fingerprint density at radius 3 is 2.17 bits per heavy atom. The van der Waals surface area contributed by atoms with Gasteiger partial charge in [0, 0.05) is 16.4 Å². The zero-order valence-electron chi connectivity index (χ0n) is 12.7. The Balaban J connectivity index is 1.97. The zero-order valence-corrected chi connectivity index (χ0v) is 14.2. The molecule has 0 heterocycles. The minimum atomic E-state index is -0.771. The van der Waals surface area contributed by atoms with Crippen LogP contribution < -0.4 is 21.1 Å². The van der Waals surface area contributed by atoms with Crippen LogP contribution in [0.25, 0.3) is 0 Å². The lowest BCUT2D eigenvalue weighted by Crippen LogP contribution is -2.30. The lowest BCUT2D eigenvalue weighted by atomic mass is 10.2. The fourth-order valence-electron chi connectivity index (χ4n) is 1.84. The number of ether oxygens (including phenoxy) is 1. The van der Waals surface area contributed by atoms with Crippen molar-refractivity contribution in [3.63, 3.8) is 0 Å². The first-order valence-corrected chi connectivity index (χ1v) is 7.70. The van der Waals surface area contributed by atoms with E-state index in [1.165, 1.54) is 6.07 Å². The van der Waals surface area contributed by atoms with Crippen molar-refractivity contribution >= 4 is 46.5 Å². The first kappa shape index (κ1) is 17.9. The van der Waals surface area contributed by atoms with Crippen LogP contribution in [0.1, 0.15) is 6.92 Å². The van der Waals surface area contributed by atoms with Gasteiger partial charge in [-0.1, -0.05) is 23.2 Å². The van der Waals surface area contributed by atoms with Gasteiger partial charge in [0.05, 0.1) is 5.02 Å². The Morgan fingerprint density at radius 1 is 1.04 bits per heavy atom. The summed E-state index contributed by atoms with van der Waals surface area (Å²) in [7, 11) is 0. The highest BCUT2D eigenvalue weighted by Gasteiger charge is 2.16. The summed E-state index contributed by atoms with van der Waals surface area (Å²) >= 11 is 11.8. The molecule has 126 valence electrons. The number of rotatable bonds is 5. The molecule has 3 amide bonds. The van der Waals surface area contributed by atoms with Gasteiger partial charge in [0.25, 0.3) is 5.91 Å². The van der Waals surface area contributed by atoms with Crippen molar-refractivity contribution in [3.8, 4) is 5.75 Å². The molecule has 6 nitrogen and oxygen atoms in total. The van der Waals surface area contributed by atoms with Crippen LogP contribution in [0, 0.1) is 0 Å². The van der Waals surface area contributed by atoms with Crippen molar-refractivity contribution in [1.29, 1.82) is 0 Å². The van der Waals surface area contributed by atoms with Crippen LogP contribution in [0.4, 0.5) is 16.2 Å². The van der Waals surface area contributed by atoms with Gasteiger partial charge in [0.15, 0.2) is 6.10 Å². The molecule has 0 bridgehead atoms. The maximum atomic E-state index is 12.2. The van der Waals surface area contributed by atoms with Crippen molar-refractivity contribution in [2.24, 2.45) is 5.73 Å². The number of urea groups is 1. The minimum Gasteiger partial charge on any atom is -0.479 e. The second-order valence-electron chi connectivity index (χ2n) is 4.89. The van der Waals surface area contributed by atoms with Crippen LogP contribution >= 0.6 is 23.2 Å². The number of carbonyl (C=O) groups is 2. The third-order valence-corrected chi connectivity index (χ3v) is 3.52. The molecule has 0 aliphatic carbocycles. The summed E-state index contributed by atoms with van der Waals surface area (Å²) in [5.41, 5.74) is 6.10. The molecule has 1 atom stereocenters. The van der Waals surface area contributed by atoms with Crippen LogP contribution in [0.3, 0.4) is 0 Å². The van der Waals surface area contributed by atoms with E-state index in [2.05, 4.69) is 10.6 Å². The van der Waals surface area contributed by atoms with E-state index in [4.69, 9.17) is 33.7 Å². The highest BCUT2D eigenvalue weighted by molar-refractivity contribution is 6.35. The predicted octanol–water partition coefficient (Wildman–Crippen LogP) is 3.89. The molecule has 0 spiro atoms. The smallest absolute Gasteiger partial charge is 0.316 e. The quantitative estimate of drug-likeness (QED) is 0.747. The van der Waals surface area contributed by atoms with Gasteiger partial charge in [0.2, 0.25) is 0 Å². The van der Waals surface area contributed by atoms with Crippen LogP contribution in [-0.2, 0) is 4.79 Å². The Bertz CT molecular complexity index is 751. The molecule has 0 aliphatic heterocycles. The normalized spacial score (nSPS) is 11.5. The van der Waals surface area contributed by atoms with Crippen molar-refractivity contribution < 1.29 is 14.3 Å². The van der Waals surface area contributed by atoms with Crippen molar-refractivity contribution in [3.05, 3.63) is 52.5 Å². The van der Waals surface area contributed by atoms with Crippen molar-refractivity contribution in [2.75, 3.05) is 10.6 Å².